The van der Waals surface area contributed by atoms with Gasteiger partial charge in [0, 0.05) is 5.92 Å². The monoisotopic (exact) mass is 202 g/mol. The van der Waals surface area contributed by atoms with Crippen molar-refractivity contribution in [3.05, 3.63) is 47.5 Å². The second kappa shape index (κ2) is 3.49. The third-order valence-corrected chi connectivity index (χ3v) is 3.43. The lowest BCUT2D eigenvalue weighted by Gasteiger charge is -2.26. The van der Waals surface area contributed by atoms with E-state index in [1.807, 2.05) is 0 Å². The highest BCUT2D eigenvalue weighted by atomic mass is 16.5. The molecule has 1 aromatic carbocycles. The topological polar surface area (TPSA) is 9.23 Å². The van der Waals surface area contributed by atoms with Crippen molar-refractivity contribution in [2.24, 2.45) is 5.92 Å². The summed E-state index contributed by atoms with van der Waals surface area (Å²) in [5.74, 6) is 0.455. The van der Waals surface area contributed by atoms with Gasteiger partial charge in [-0.1, -0.05) is 43.3 Å². The molecule has 80 valence electrons. The number of aryl methyl sites for hydroxylation is 1. The smallest absolute Gasteiger partial charge is 0.111 e. The Kier molecular flexibility index (Phi) is 2.43. The van der Waals surface area contributed by atoms with Crippen LogP contribution in [0.15, 0.2) is 36.4 Å². The van der Waals surface area contributed by atoms with Crippen molar-refractivity contribution in [3.63, 3.8) is 0 Å². The molecule has 1 saturated heterocycles. The van der Waals surface area contributed by atoms with E-state index < -0.39 is 0 Å². The van der Waals surface area contributed by atoms with Gasteiger partial charge in [-0.25, -0.2) is 0 Å². The van der Waals surface area contributed by atoms with Crippen LogP contribution >= 0.6 is 0 Å². The molecule has 0 unspecified atom stereocenters. The molecule has 1 nitrogen and oxygen atoms in total. The lowest BCUT2D eigenvalue weighted by atomic mass is 9.85. The van der Waals surface area contributed by atoms with E-state index in [0.29, 0.717) is 5.92 Å². The van der Waals surface area contributed by atoms with E-state index in [2.05, 4.69) is 51.6 Å². The highest BCUT2D eigenvalue weighted by Gasteiger charge is 2.39. The van der Waals surface area contributed by atoms with Crippen LogP contribution < -0.4 is 0 Å². The molecule has 0 N–H and O–H groups in total. The number of ether oxygens (including phenoxy) is 1. The van der Waals surface area contributed by atoms with Crippen molar-refractivity contribution in [1.82, 2.24) is 0 Å². The second-order valence-electron chi connectivity index (χ2n) is 4.64. The molecule has 1 aliphatic heterocycles. The quantitative estimate of drug-likeness (QED) is 0.634. The Bertz CT molecular complexity index is 377. The average Bonchev–Trinajstić information content (AvgIpc) is 2.48. The maximum absolute atomic E-state index is 5.89. The van der Waals surface area contributed by atoms with Crippen molar-refractivity contribution in [3.8, 4) is 0 Å². The third-order valence-electron chi connectivity index (χ3n) is 3.43. The van der Waals surface area contributed by atoms with E-state index in [0.717, 1.165) is 6.61 Å². The molecule has 1 aliphatic rings. The fraction of sp³-hybridized carbons (Fsp3) is 0.429. The van der Waals surface area contributed by atoms with E-state index >= 15 is 0 Å². The summed E-state index contributed by atoms with van der Waals surface area (Å²) in [5.41, 5.74) is 3.39. The molecule has 0 aliphatic carbocycles. The van der Waals surface area contributed by atoms with Gasteiger partial charge < -0.3 is 4.74 Å². The minimum Gasteiger partial charge on any atom is -0.366 e. The van der Waals surface area contributed by atoms with Crippen LogP contribution in [-0.4, -0.2) is 6.61 Å². The van der Waals surface area contributed by atoms with Crippen LogP contribution in [0, 0.1) is 12.8 Å². The van der Waals surface area contributed by atoms with E-state index in [4.69, 9.17) is 4.74 Å². The second-order valence-corrected chi connectivity index (χ2v) is 4.64. The third kappa shape index (κ3) is 1.61. The summed E-state index contributed by atoms with van der Waals surface area (Å²) in [5, 5.41) is 0. The maximum Gasteiger partial charge on any atom is 0.111 e. The molecular weight excluding hydrogens is 184 g/mol. The summed E-state index contributed by atoms with van der Waals surface area (Å²) in [6.07, 6.45) is 0. The molecule has 2 atom stereocenters. The molecule has 0 saturated carbocycles. The van der Waals surface area contributed by atoms with Crippen LogP contribution in [0.25, 0.3) is 0 Å². The highest BCUT2D eigenvalue weighted by molar-refractivity contribution is 5.35. The van der Waals surface area contributed by atoms with Gasteiger partial charge in [-0.05, 0) is 25.0 Å². The highest BCUT2D eigenvalue weighted by Crippen LogP contribution is 2.42. The Balaban J connectivity index is 2.38. The fourth-order valence-corrected chi connectivity index (χ4v) is 2.10. The zero-order valence-electron chi connectivity index (χ0n) is 9.71. The van der Waals surface area contributed by atoms with E-state index in [9.17, 15) is 0 Å². The van der Waals surface area contributed by atoms with Crippen LogP contribution in [0.1, 0.15) is 25.0 Å². The predicted octanol–water partition coefficient (Wildman–Crippen LogP) is 3.43. The van der Waals surface area contributed by atoms with Crippen molar-refractivity contribution in [1.29, 1.82) is 0 Å². The molecular formula is C14H18O. The molecule has 0 spiro atoms. The van der Waals surface area contributed by atoms with Crippen molar-refractivity contribution in [2.75, 3.05) is 6.61 Å². The normalized spacial score (nSPS) is 30.9. The van der Waals surface area contributed by atoms with Gasteiger partial charge >= 0.3 is 0 Å². The van der Waals surface area contributed by atoms with Gasteiger partial charge in [0.25, 0.3) is 0 Å². The Labute approximate surface area is 91.8 Å². The largest absolute Gasteiger partial charge is 0.366 e. The molecule has 0 amide bonds. The van der Waals surface area contributed by atoms with E-state index in [1.165, 1.54) is 16.7 Å². The van der Waals surface area contributed by atoms with Gasteiger partial charge in [-0.3, -0.25) is 0 Å². The minimum absolute atomic E-state index is 0.285. The SMILES string of the molecule is C=C1[C@H](C)CO[C@@]1(C)c1ccc(C)cc1. The van der Waals surface area contributed by atoms with Gasteiger partial charge in [-0.15, -0.1) is 0 Å². The van der Waals surface area contributed by atoms with Crippen LogP contribution in [0.4, 0.5) is 0 Å². The van der Waals surface area contributed by atoms with Gasteiger partial charge in [0.15, 0.2) is 0 Å². The molecule has 0 aromatic heterocycles. The van der Waals surface area contributed by atoms with Crippen LogP contribution in [-0.2, 0) is 10.3 Å². The Morgan fingerprint density at radius 2 is 1.93 bits per heavy atom. The summed E-state index contributed by atoms with van der Waals surface area (Å²) in [7, 11) is 0. The van der Waals surface area contributed by atoms with Gasteiger partial charge in [0.1, 0.15) is 5.60 Å². The fourth-order valence-electron chi connectivity index (χ4n) is 2.10. The molecule has 0 bridgehead atoms. The number of hydrogen-bond donors (Lipinski definition) is 0. The first-order valence-electron chi connectivity index (χ1n) is 5.44. The van der Waals surface area contributed by atoms with Gasteiger partial charge in [0.05, 0.1) is 6.61 Å². The summed E-state index contributed by atoms with van der Waals surface area (Å²) >= 11 is 0. The van der Waals surface area contributed by atoms with Gasteiger partial charge in [0.2, 0.25) is 0 Å². The van der Waals surface area contributed by atoms with E-state index in [-0.39, 0.29) is 5.60 Å². The molecule has 1 aromatic rings. The summed E-state index contributed by atoms with van der Waals surface area (Å²) in [6, 6.07) is 8.53. The molecule has 1 heterocycles. The Morgan fingerprint density at radius 3 is 2.40 bits per heavy atom. The maximum atomic E-state index is 5.89. The van der Waals surface area contributed by atoms with E-state index in [1.54, 1.807) is 0 Å². The predicted molar refractivity (Wildman–Crippen MR) is 62.8 cm³/mol. The van der Waals surface area contributed by atoms with Crippen molar-refractivity contribution in [2.45, 2.75) is 26.4 Å². The number of hydrogen-bond acceptors (Lipinski definition) is 1. The first-order chi connectivity index (χ1) is 7.04. The van der Waals surface area contributed by atoms with Crippen LogP contribution in [0.3, 0.4) is 0 Å². The number of benzene rings is 1. The van der Waals surface area contributed by atoms with Crippen LogP contribution in [0.5, 0.6) is 0 Å². The Morgan fingerprint density at radius 1 is 1.33 bits per heavy atom. The first-order valence-corrected chi connectivity index (χ1v) is 5.44. The first kappa shape index (κ1) is 10.4. The van der Waals surface area contributed by atoms with Crippen molar-refractivity contribution < 1.29 is 4.74 Å². The molecule has 15 heavy (non-hydrogen) atoms. The van der Waals surface area contributed by atoms with Crippen molar-refractivity contribution >= 4 is 0 Å². The molecule has 1 fully saturated rings. The standard InChI is InChI=1S/C14H18O/c1-10-5-7-13(8-6-10)14(4)12(3)11(2)9-15-14/h5-8,11H,3,9H2,1-2,4H3/t11-,14-/m1/s1. The zero-order valence-corrected chi connectivity index (χ0v) is 9.71. The number of rotatable bonds is 1. The molecule has 1 heteroatoms. The lowest BCUT2D eigenvalue weighted by molar-refractivity contribution is 0.0336. The van der Waals surface area contributed by atoms with Crippen LogP contribution in [0.2, 0.25) is 0 Å². The minimum atomic E-state index is -0.285. The molecule has 2 rings (SSSR count). The molecule has 0 radical (unpaired) electrons. The Hall–Kier alpha value is -1.08. The summed E-state index contributed by atoms with van der Waals surface area (Å²) in [6.45, 7) is 11.3. The summed E-state index contributed by atoms with van der Waals surface area (Å²) in [4.78, 5) is 0. The zero-order chi connectivity index (χ0) is 11.1. The summed E-state index contributed by atoms with van der Waals surface area (Å²) < 4.78 is 5.89. The van der Waals surface area contributed by atoms with Gasteiger partial charge in [-0.2, -0.15) is 0 Å². The average molecular weight is 202 g/mol. The lowest BCUT2D eigenvalue weighted by Crippen LogP contribution is -2.22.